The Bertz CT molecular complexity index is 492. The molecule has 0 saturated carbocycles. The lowest BCUT2D eigenvalue weighted by Crippen LogP contribution is -2.40. The highest BCUT2D eigenvalue weighted by atomic mass is 16.5. The van der Waals surface area contributed by atoms with Crippen molar-refractivity contribution in [3.05, 3.63) is 29.8 Å². The molecule has 102 valence electrons. The van der Waals surface area contributed by atoms with Crippen LogP contribution in [0, 0.1) is 5.92 Å². The maximum atomic E-state index is 11.9. The van der Waals surface area contributed by atoms with Crippen molar-refractivity contribution in [1.29, 1.82) is 0 Å². The monoisotopic (exact) mass is 259 g/mol. The van der Waals surface area contributed by atoms with E-state index in [2.05, 4.69) is 24.4 Å². The minimum absolute atomic E-state index is 0.0582. The molecule has 3 nitrogen and oxygen atoms in total. The molecule has 1 heterocycles. The first-order valence-electron chi connectivity index (χ1n) is 6.90. The van der Waals surface area contributed by atoms with Gasteiger partial charge in [-0.25, -0.2) is 0 Å². The predicted octanol–water partition coefficient (Wildman–Crippen LogP) is 3.86. The van der Waals surface area contributed by atoms with Crippen LogP contribution in [0.3, 0.4) is 0 Å². The van der Waals surface area contributed by atoms with Crippen molar-refractivity contribution in [2.24, 2.45) is 5.92 Å². The number of nitrogens with one attached hydrogen (secondary N) is 1. The average Bonchev–Trinajstić information content (AvgIpc) is 2.38. The van der Waals surface area contributed by atoms with E-state index in [1.807, 2.05) is 32.0 Å². The first kappa shape index (κ1) is 13.7. The second kappa shape index (κ2) is 5.91. The Kier molecular flexibility index (Phi) is 4.25. The Morgan fingerprint density at radius 2 is 2.21 bits per heavy atom. The molecule has 1 atom stereocenters. The van der Waals surface area contributed by atoms with Gasteiger partial charge in [-0.3, -0.25) is 4.79 Å². The van der Waals surface area contributed by atoms with Gasteiger partial charge in [0, 0.05) is 5.56 Å². The molecule has 0 saturated heterocycles. The Morgan fingerprint density at radius 3 is 2.89 bits per heavy atom. The fourth-order valence-electron chi connectivity index (χ4n) is 2.12. The number of benzene rings is 1. The van der Waals surface area contributed by atoms with Gasteiger partial charge in [-0.05, 0) is 18.4 Å². The van der Waals surface area contributed by atoms with Crippen molar-refractivity contribution in [2.45, 2.75) is 39.7 Å². The molecule has 2 rings (SSSR count). The summed E-state index contributed by atoms with van der Waals surface area (Å²) in [6.07, 6.45) is 5.96. The fraction of sp³-hybridized carbons (Fsp3) is 0.438. The minimum atomic E-state index is -0.409. The van der Waals surface area contributed by atoms with Gasteiger partial charge in [-0.1, -0.05) is 51.5 Å². The van der Waals surface area contributed by atoms with Crippen molar-refractivity contribution in [3.63, 3.8) is 0 Å². The van der Waals surface area contributed by atoms with E-state index < -0.39 is 6.10 Å². The van der Waals surface area contributed by atoms with Crippen LogP contribution in [0.2, 0.25) is 0 Å². The molecular weight excluding hydrogens is 238 g/mol. The summed E-state index contributed by atoms with van der Waals surface area (Å²) in [5, 5.41) is 2.92. The number of hydrogen-bond donors (Lipinski definition) is 1. The van der Waals surface area contributed by atoms with E-state index in [1.165, 1.54) is 0 Å². The van der Waals surface area contributed by atoms with Crippen LogP contribution in [-0.4, -0.2) is 12.0 Å². The molecule has 1 aliphatic rings. The lowest BCUT2D eigenvalue weighted by molar-refractivity contribution is -0.125. The van der Waals surface area contributed by atoms with Crippen molar-refractivity contribution in [1.82, 2.24) is 0 Å². The summed E-state index contributed by atoms with van der Waals surface area (Å²) in [4.78, 5) is 11.9. The van der Waals surface area contributed by atoms with Gasteiger partial charge in [0.1, 0.15) is 0 Å². The maximum absolute atomic E-state index is 11.9. The van der Waals surface area contributed by atoms with Gasteiger partial charge >= 0.3 is 0 Å². The number of rotatable bonds is 4. The third-order valence-corrected chi connectivity index (χ3v) is 3.16. The molecule has 1 aliphatic heterocycles. The number of unbranched alkanes of at least 4 members (excludes halogenated alkanes) is 1. The van der Waals surface area contributed by atoms with Crippen LogP contribution in [0.4, 0.5) is 5.69 Å². The van der Waals surface area contributed by atoms with Crippen LogP contribution in [0.1, 0.15) is 39.2 Å². The molecule has 1 amide bonds. The van der Waals surface area contributed by atoms with Crippen LogP contribution in [0.25, 0.3) is 6.08 Å². The summed E-state index contributed by atoms with van der Waals surface area (Å²) in [7, 11) is 0. The summed E-state index contributed by atoms with van der Waals surface area (Å²) in [5.74, 6) is 0.881. The number of anilines is 1. The summed E-state index contributed by atoms with van der Waals surface area (Å²) >= 11 is 0. The number of hydrogen-bond acceptors (Lipinski definition) is 2. The Labute approximate surface area is 114 Å². The van der Waals surface area contributed by atoms with Crippen LogP contribution >= 0.6 is 0 Å². The summed E-state index contributed by atoms with van der Waals surface area (Å²) in [5.41, 5.74) is 1.79. The topological polar surface area (TPSA) is 38.3 Å². The number of carbonyl (C=O) groups is 1. The number of allylic oxidation sites excluding steroid dienone is 1. The number of ether oxygens (including phenoxy) is 1. The minimum Gasteiger partial charge on any atom is -0.478 e. The smallest absolute Gasteiger partial charge is 0.265 e. The van der Waals surface area contributed by atoms with Crippen molar-refractivity contribution in [2.75, 3.05) is 5.32 Å². The highest BCUT2D eigenvalue weighted by Crippen LogP contribution is 2.35. The Hall–Kier alpha value is -1.77. The van der Waals surface area contributed by atoms with Crippen LogP contribution in [0.15, 0.2) is 24.3 Å². The molecular formula is C16H21NO2. The summed E-state index contributed by atoms with van der Waals surface area (Å²) in [6, 6.07) is 5.82. The van der Waals surface area contributed by atoms with Gasteiger partial charge in [0.25, 0.3) is 5.91 Å². The van der Waals surface area contributed by atoms with E-state index in [4.69, 9.17) is 4.74 Å². The zero-order valence-electron chi connectivity index (χ0n) is 11.8. The van der Waals surface area contributed by atoms with Crippen molar-refractivity contribution < 1.29 is 9.53 Å². The molecule has 3 heteroatoms. The Morgan fingerprint density at radius 1 is 1.42 bits per heavy atom. The van der Waals surface area contributed by atoms with Gasteiger partial charge in [0.05, 0.1) is 5.69 Å². The van der Waals surface area contributed by atoms with Gasteiger partial charge in [-0.2, -0.15) is 0 Å². The molecule has 19 heavy (non-hydrogen) atoms. The van der Waals surface area contributed by atoms with Crippen molar-refractivity contribution in [3.8, 4) is 5.75 Å². The molecule has 0 fully saturated rings. The van der Waals surface area contributed by atoms with E-state index in [0.717, 1.165) is 29.8 Å². The largest absolute Gasteiger partial charge is 0.478 e. The van der Waals surface area contributed by atoms with Crippen LogP contribution in [-0.2, 0) is 4.79 Å². The number of carbonyl (C=O) groups excluding carboxylic acids is 1. The molecule has 1 aromatic rings. The third kappa shape index (κ3) is 2.98. The van der Waals surface area contributed by atoms with E-state index >= 15 is 0 Å². The lowest BCUT2D eigenvalue weighted by Gasteiger charge is -2.29. The predicted molar refractivity (Wildman–Crippen MR) is 78.3 cm³/mol. The summed E-state index contributed by atoms with van der Waals surface area (Å²) < 4.78 is 5.90. The van der Waals surface area contributed by atoms with E-state index in [1.54, 1.807) is 0 Å². The average molecular weight is 259 g/mol. The van der Waals surface area contributed by atoms with Crippen LogP contribution < -0.4 is 10.1 Å². The maximum Gasteiger partial charge on any atom is 0.265 e. The van der Waals surface area contributed by atoms with Crippen LogP contribution in [0.5, 0.6) is 5.75 Å². The molecule has 0 aromatic heterocycles. The second-order valence-corrected chi connectivity index (χ2v) is 5.19. The highest BCUT2D eigenvalue weighted by Gasteiger charge is 2.30. The normalized spacial score (nSPS) is 18.3. The molecule has 1 N–H and O–H groups in total. The van der Waals surface area contributed by atoms with Gasteiger partial charge in [0.15, 0.2) is 11.9 Å². The standard InChI is InChI=1S/C16H21NO2/c1-4-5-6-8-12-9-7-10-13-15(12)19-14(11(2)3)16(18)17-13/h6-11,14H,4-5H2,1-3H3,(H,17,18)/b8-6+. The van der Waals surface area contributed by atoms with Gasteiger partial charge in [0.2, 0.25) is 0 Å². The van der Waals surface area contributed by atoms with Gasteiger partial charge < -0.3 is 10.1 Å². The molecule has 0 radical (unpaired) electrons. The van der Waals surface area contributed by atoms with E-state index in [0.29, 0.717) is 0 Å². The lowest BCUT2D eigenvalue weighted by atomic mass is 10.0. The number of fused-ring (bicyclic) bond motifs is 1. The molecule has 0 bridgehead atoms. The quantitative estimate of drug-likeness (QED) is 0.891. The van der Waals surface area contributed by atoms with Gasteiger partial charge in [-0.15, -0.1) is 0 Å². The van der Waals surface area contributed by atoms with E-state index in [9.17, 15) is 4.79 Å². The first-order chi connectivity index (χ1) is 9.13. The molecule has 0 aliphatic carbocycles. The first-order valence-corrected chi connectivity index (χ1v) is 6.90. The SMILES string of the molecule is CCC/C=C/c1cccc2c1OC(C(C)C)C(=O)N2. The Balaban J connectivity index is 2.31. The van der Waals surface area contributed by atoms with Crippen molar-refractivity contribution >= 4 is 17.7 Å². The number of amides is 1. The number of para-hydroxylation sites is 1. The zero-order valence-corrected chi connectivity index (χ0v) is 11.8. The molecule has 1 aromatic carbocycles. The molecule has 1 unspecified atom stereocenters. The third-order valence-electron chi connectivity index (χ3n) is 3.16. The fourth-order valence-corrected chi connectivity index (χ4v) is 2.12. The second-order valence-electron chi connectivity index (χ2n) is 5.19. The summed E-state index contributed by atoms with van der Waals surface area (Å²) in [6.45, 7) is 6.13. The highest BCUT2D eigenvalue weighted by molar-refractivity contribution is 5.98. The van der Waals surface area contributed by atoms with E-state index in [-0.39, 0.29) is 11.8 Å². The zero-order chi connectivity index (χ0) is 13.8. The molecule has 0 spiro atoms.